The molecule has 0 aliphatic carbocycles. The van der Waals surface area contributed by atoms with Gasteiger partial charge in [-0.3, -0.25) is 14.3 Å². The molecule has 3 aromatic rings. The van der Waals surface area contributed by atoms with E-state index in [1.54, 1.807) is 6.33 Å². The van der Waals surface area contributed by atoms with Gasteiger partial charge >= 0.3 is 0 Å². The highest BCUT2D eigenvalue weighted by molar-refractivity contribution is 7.99. The molecule has 1 fully saturated rings. The van der Waals surface area contributed by atoms with Crippen LogP contribution in [0.5, 0.6) is 0 Å². The van der Waals surface area contributed by atoms with Crippen molar-refractivity contribution in [3.8, 4) is 5.69 Å². The quantitative estimate of drug-likeness (QED) is 0.523. The van der Waals surface area contributed by atoms with Crippen LogP contribution in [0.25, 0.3) is 5.69 Å². The van der Waals surface area contributed by atoms with Crippen LogP contribution in [0.4, 0.5) is 4.39 Å². The van der Waals surface area contributed by atoms with E-state index in [-0.39, 0.29) is 11.7 Å². The van der Waals surface area contributed by atoms with E-state index < -0.39 is 0 Å². The van der Waals surface area contributed by atoms with Gasteiger partial charge in [0.15, 0.2) is 5.16 Å². The molecule has 0 atom stereocenters. The molecule has 4 rings (SSSR count). The van der Waals surface area contributed by atoms with E-state index >= 15 is 0 Å². The molecule has 162 valence electrons. The highest BCUT2D eigenvalue weighted by Crippen LogP contribution is 2.22. The fourth-order valence-corrected chi connectivity index (χ4v) is 4.59. The standard InChI is InChI=1S/C22H23ClFN5OS/c23-18-3-1-4-20(13-18)29-16-25-26-22(29)31-15-21(30)28-10-2-9-27(11-12-28)14-17-5-7-19(24)8-6-17/h1,3-8,13,16H,2,9-12,14-15H2. The highest BCUT2D eigenvalue weighted by atomic mass is 35.5. The molecule has 1 saturated heterocycles. The van der Waals surface area contributed by atoms with Crippen LogP contribution in [-0.4, -0.2) is 62.4 Å². The zero-order chi connectivity index (χ0) is 21.6. The lowest BCUT2D eigenvalue weighted by atomic mass is 10.2. The topological polar surface area (TPSA) is 54.3 Å². The molecule has 1 aliphatic rings. The van der Waals surface area contributed by atoms with Crippen molar-refractivity contribution in [1.29, 1.82) is 0 Å². The second kappa shape index (κ2) is 10.3. The van der Waals surface area contributed by atoms with Gasteiger partial charge in [-0.1, -0.05) is 41.6 Å². The Kier molecular flexibility index (Phi) is 7.21. The largest absolute Gasteiger partial charge is 0.341 e. The Balaban J connectivity index is 1.31. The van der Waals surface area contributed by atoms with Crippen LogP contribution >= 0.6 is 23.4 Å². The Hall–Kier alpha value is -2.42. The number of carbonyl (C=O) groups excluding carboxylic acids is 1. The maximum Gasteiger partial charge on any atom is 0.233 e. The summed E-state index contributed by atoms with van der Waals surface area (Å²) in [5, 5.41) is 9.42. The van der Waals surface area contributed by atoms with E-state index in [0.29, 0.717) is 22.5 Å². The number of hydrogen-bond acceptors (Lipinski definition) is 5. The van der Waals surface area contributed by atoms with Gasteiger partial charge in [0.1, 0.15) is 12.1 Å². The van der Waals surface area contributed by atoms with Crippen LogP contribution < -0.4 is 0 Å². The minimum Gasteiger partial charge on any atom is -0.341 e. The van der Waals surface area contributed by atoms with Crippen molar-refractivity contribution in [2.75, 3.05) is 31.9 Å². The van der Waals surface area contributed by atoms with Gasteiger partial charge in [0.05, 0.1) is 11.4 Å². The maximum atomic E-state index is 13.1. The summed E-state index contributed by atoms with van der Waals surface area (Å²) < 4.78 is 14.9. The summed E-state index contributed by atoms with van der Waals surface area (Å²) in [7, 11) is 0. The molecule has 2 heterocycles. The van der Waals surface area contributed by atoms with Crippen LogP contribution in [0.2, 0.25) is 5.02 Å². The summed E-state index contributed by atoms with van der Waals surface area (Å²) >= 11 is 7.46. The molecule has 0 saturated carbocycles. The molecule has 1 aromatic heterocycles. The Morgan fingerprint density at radius 3 is 2.74 bits per heavy atom. The first-order chi connectivity index (χ1) is 15.1. The fourth-order valence-electron chi connectivity index (χ4n) is 3.57. The number of rotatable bonds is 6. The molecular weight excluding hydrogens is 437 g/mol. The number of halogens is 2. The van der Waals surface area contributed by atoms with E-state index in [9.17, 15) is 9.18 Å². The Morgan fingerprint density at radius 1 is 1.10 bits per heavy atom. The van der Waals surface area contributed by atoms with Crippen LogP contribution in [0, 0.1) is 5.82 Å². The monoisotopic (exact) mass is 459 g/mol. The molecule has 0 spiro atoms. The third-order valence-electron chi connectivity index (χ3n) is 5.19. The SMILES string of the molecule is O=C(CSc1nncn1-c1cccc(Cl)c1)N1CCCN(Cc2ccc(F)cc2)CC1. The van der Waals surface area contributed by atoms with Crippen molar-refractivity contribution in [2.45, 2.75) is 18.1 Å². The van der Waals surface area contributed by atoms with E-state index in [2.05, 4.69) is 15.1 Å². The summed E-state index contributed by atoms with van der Waals surface area (Å²) in [5.41, 5.74) is 1.94. The number of carbonyl (C=O) groups is 1. The predicted molar refractivity (Wildman–Crippen MR) is 120 cm³/mol. The Morgan fingerprint density at radius 2 is 1.94 bits per heavy atom. The molecule has 9 heteroatoms. The molecule has 2 aromatic carbocycles. The number of thioether (sulfide) groups is 1. The second-order valence-corrected chi connectivity index (χ2v) is 8.77. The number of amides is 1. The summed E-state index contributed by atoms with van der Waals surface area (Å²) in [6.07, 6.45) is 2.54. The Labute approximate surface area is 190 Å². The average Bonchev–Trinajstić information content (AvgIpc) is 3.12. The first-order valence-electron chi connectivity index (χ1n) is 10.1. The summed E-state index contributed by atoms with van der Waals surface area (Å²) in [6, 6.07) is 14.0. The van der Waals surface area contributed by atoms with Gasteiger partial charge in [0, 0.05) is 37.7 Å². The third-order valence-corrected chi connectivity index (χ3v) is 6.35. The molecule has 0 N–H and O–H groups in total. The zero-order valence-electron chi connectivity index (χ0n) is 17.0. The lowest BCUT2D eigenvalue weighted by molar-refractivity contribution is -0.128. The van der Waals surface area contributed by atoms with E-state index in [0.717, 1.165) is 43.9 Å². The van der Waals surface area contributed by atoms with Crippen molar-refractivity contribution >= 4 is 29.3 Å². The number of benzene rings is 2. The molecule has 0 radical (unpaired) electrons. The number of hydrogen-bond donors (Lipinski definition) is 0. The average molecular weight is 460 g/mol. The molecule has 0 unspecified atom stereocenters. The van der Waals surface area contributed by atoms with Crippen LogP contribution in [-0.2, 0) is 11.3 Å². The van der Waals surface area contributed by atoms with Crippen molar-refractivity contribution in [1.82, 2.24) is 24.6 Å². The number of nitrogens with zero attached hydrogens (tertiary/aromatic N) is 5. The molecule has 1 aliphatic heterocycles. The van der Waals surface area contributed by atoms with Crippen LogP contribution in [0.3, 0.4) is 0 Å². The minimum absolute atomic E-state index is 0.0919. The third kappa shape index (κ3) is 5.84. The van der Waals surface area contributed by atoms with Gasteiger partial charge in [-0.2, -0.15) is 0 Å². The molecule has 0 bridgehead atoms. The van der Waals surface area contributed by atoms with Crippen molar-refractivity contribution in [2.24, 2.45) is 0 Å². The van der Waals surface area contributed by atoms with Gasteiger partial charge in [0.2, 0.25) is 5.91 Å². The fraction of sp³-hybridized carbons (Fsp3) is 0.318. The van der Waals surface area contributed by atoms with E-state index in [1.165, 1.54) is 23.9 Å². The first kappa shape index (κ1) is 21.8. The zero-order valence-corrected chi connectivity index (χ0v) is 18.5. The molecule has 1 amide bonds. The molecule has 31 heavy (non-hydrogen) atoms. The maximum absolute atomic E-state index is 13.1. The lowest BCUT2D eigenvalue weighted by Gasteiger charge is -2.22. The molecular formula is C22H23ClFN5OS. The van der Waals surface area contributed by atoms with Crippen molar-refractivity contribution in [3.63, 3.8) is 0 Å². The normalized spacial score (nSPS) is 15.1. The van der Waals surface area contributed by atoms with Gasteiger partial charge in [-0.15, -0.1) is 10.2 Å². The highest BCUT2D eigenvalue weighted by Gasteiger charge is 2.20. The second-order valence-electron chi connectivity index (χ2n) is 7.39. The van der Waals surface area contributed by atoms with Gasteiger partial charge < -0.3 is 4.90 Å². The van der Waals surface area contributed by atoms with Gasteiger partial charge in [0.25, 0.3) is 0 Å². The predicted octanol–water partition coefficient (Wildman–Crippen LogP) is 3.89. The Bertz CT molecular complexity index is 1030. The smallest absolute Gasteiger partial charge is 0.233 e. The molecule has 6 nitrogen and oxygen atoms in total. The van der Waals surface area contributed by atoms with Gasteiger partial charge in [-0.05, 0) is 42.3 Å². The van der Waals surface area contributed by atoms with Crippen LogP contribution in [0.15, 0.2) is 60.0 Å². The van der Waals surface area contributed by atoms with Gasteiger partial charge in [-0.25, -0.2) is 4.39 Å². The minimum atomic E-state index is -0.222. The lowest BCUT2D eigenvalue weighted by Crippen LogP contribution is -2.36. The van der Waals surface area contributed by atoms with E-state index in [1.807, 2.05) is 45.9 Å². The van der Waals surface area contributed by atoms with Crippen LogP contribution in [0.1, 0.15) is 12.0 Å². The first-order valence-corrected chi connectivity index (χ1v) is 11.5. The van der Waals surface area contributed by atoms with Crippen molar-refractivity contribution < 1.29 is 9.18 Å². The summed E-state index contributed by atoms with van der Waals surface area (Å²) in [4.78, 5) is 17.0. The van der Waals surface area contributed by atoms with E-state index in [4.69, 9.17) is 11.6 Å². The van der Waals surface area contributed by atoms with Crippen molar-refractivity contribution in [3.05, 3.63) is 71.3 Å². The number of aromatic nitrogens is 3. The summed E-state index contributed by atoms with van der Waals surface area (Å²) in [6.45, 7) is 3.89. The summed E-state index contributed by atoms with van der Waals surface area (Å²) in [5.74, 6) is 0.173.